The predicted molar refractivity (Wildman–Crippen MR) is 69.0 cm³/mol. The number of halogens is 1. The highest BCUT2D eigenvalue weighted by Gasteiger charge is 2.38. The quantitative estimate of drug-likeness (QED) is 0.859. The number of carbonyl (C=O) groups excluding carboxylic acids is 1. The molecule has 0 heterocycles. The van der Waals surface area contributed by atoms with E-state index in [0.717, 1.165) is 17.9 Å². The Morgan fingerprint density at radius 3 is 2.47 bits per heavy atom. The third-order valence-electron chi connectivity index (χ3n) is 3.58. The van der Waals surface area contributed by atoms with Gasteiger partial charge in [0.25, 0.3) is 0 Å². The lowest BCUT2D eigenvalue weighted by molar-refractivity contribution is -0.120. The molecule has 0 aliphatic heterocycles. The number of nitrogens with one attached hydrogen (secondary N) is 1. The van der Waals surface area contributed by atoms with Gasteiger partial charge in [-0.1, -0.05) is 30.2 Å². The normalized spacial score (nSPS) is 17.3. The third kappa shape index (κ3) is 2.61. The fourth-order valence-electron chi connectivity index (χ4n) is 2.31. The van der Waals surface area contributed by atoms with E-state index >= 15 is 0 Å². The van der Waals surface area contributed by atoms with Crippen LogP contribution in [0, 0.1) is 0 Å². The van der Waals surface area contributed by atoms with Crippen LogP contribution in [0.2, 0.25) is 5.02 Å². The number of benzene rings is 1. The van der Waals surface area contributed by atoms with Crippen LogP contribution in [0.1, 0.15) is 24.8 Å². The van der Waals surface area contributed by atoms with Gasteiger partial charge in [-0.2, -0.15) is 0 Å². The Morgan fingerprint density at radius 2 is 2.00 bits per heavy atom. The van der Waals surface area contributed by atoms with Crippen LogP contribution < -0.4 is 11.1 Å². The van der Waals surface area contributed by atoms with Crippen molar-refractivity contribution in [2.75, 3.05) is 13.1 Å². The van der Waals surface area contributed by atoms with Gasteiger partial charge in [-0.25, -0.2) is 0 Å². The first-order valence-electron chi connectivity index (χ1n) is 5.89. The highest BCUT2D eigenvalue weighted by atomic mass is 35.5. The molecule has 0 unspecified atom stereocenters. The van der Waals surface area contributed by atoms with E-state index in [9.17, 15) is 4.79 Å². The molecular formula is C13H17ClN2O. The molecule has 3 nitrogen and oxygen atoms in total. The molecule has 2 rings (SSSR count). The molecule has 0 radical (unpaired) electrons. The number of amides is 1. The zero-order valence-corrected chi connectivity index (χ0v) is 10.5. The Kier molecular flexibility index (Phi) is 3.69. The van der Waals surface area contributed by atoms with Crippen molar-refractivity contribution in [3.63, 3.8) is 0 Å². The van der Waals surface area contributed by atoms with Crippen LogP contribution in [0.15, 0.2) is 24.3 Å². The van der Waals surface area contributed by atoms with E-state index in [-0.39, 0.29) is 17.9 Å². The van der Waals surface area contributed by atoms with Crippen molar-refractivity contribution < 1.29 is 4.79 Å². The van der Waals surface area contributed by atoms with Crippen molar-refractivity contribution in [2.45, 2.75) is 24.7 Å². The topological polar surface area (TPSA) is 55.1 Å². The van der Waals surface area contributed by atoms with Crippen molar-refractivity contribution >= 4 is 17.5 Å². The van der Waals surface area contributed by atoms with E-state index in [4.69, 9.17) is 17.3 Å². The second-order valence-corrected chi connectivity index (χ2v) is 5.06. The first-order valence-corrected chi connectivity index (χ1v) is 6.27. The summed E-state index contributed by atoms with van der Waals surface area (Å²) in [5, 5.41) is 3.64. The van der Waals surface area contributed by atoms with Gasteiger partial charge in [-0.15, -0.1) is 0 Å². The monoisotopic (exact) mass is 252 g/mol. The molecule has 1 aromatic rings. The minimum absolute atomic E-state index is 0.0523. The van der Waals surface area contributed by atoms with Crippen LogP contribution in [0.3, 0.4) is 0 Å². The highest BCUT2D eigenvalue weighted by molar-refractivity contribution is 6.30. The Morgan fingerprint density at radius 1 is 1.35 bits per heavy atom. The molecule has 1 amide bonds. The molecule has 1 aromatic carbocycles. The molecule has 0 bridgehead atoms. The maximum Gasteiger partial charge on any atom is 0.233 e. The maximum absolute atomic E-state index is 11.2. The van der Waals surface area contributed by atoms with Crippen LogP contribution in [-0.4, -0.2) is 19.0 Å². The summed E-state index contributed by atoms with van der Waals surface area (Å²) in [7, 11) is 0. The van der Waals surface area contributed by atoms with Gasteiger partial charge >= 0.3 is 0 Å². The van der Waals surface area contributed by atoms with Crippen LogP contribution in [0.25, 0.3) is 0 Å². The second kappa shape index (κ2) is 5.07. The number of carbonyl (C=O) groups is 1. The molecule has 4 heteroatoms. The molecule has 3 N–H and O–H groups in total. The summed E-state index contributed by atoms with van der Waals surface area (Å²) < 4.78 is 0. The van der Waals surface area contributed by atoms with Gasteiger partial charge in [-0.05, 0) is 30.5 Å². The Hall–Kier alpha value is -1.06. The van der Waals surface area contributed by atoms with Crippen molar-refractivity contribution in [3.05, 3.63) is 34.9 Å². The highest BCUT2D eigenvalue weighted by Crippen LogP contribution is 2.43. The number of rotatable bonds is 4. The molecule has 1 saturated carbocycles. The van der Waals surface area contributed by atoms with Gasteiger partial charge in [0.2, 0.25) is 5.91 Å². The molecule has 92 valence electrons. The minimum Gasteiger partial charge on any atom is -0.354 e. The molecule has 1 aliphatic carbocycles. The number of hydrogen-bond acceptors (Lipinski definition) is 2. The predicted octanol–water partition coefficient (Wildman–Crippen LogP) is 1.84. The molecule has 0 spiro atoms. The van der Waals surface area contributed by atoms with Gasteiger partial charge in [0.15, 0.2) is 0 Å². The zero-order chi connectivity index (χ0) is 12.3. The van der Waals surface area contributed by atoms with E-state index in [2.05, 4.69) is 17.4 Å². The van der Waals surface area contributed by atoms with E-state index < -0.39 is 0 Å². The average Bonchev–Trinajstić information content (AvgIpc) is 2.29. The van der Waals surface area contributed by atoms with Crippen LogP contribution in [-0.2, 0) is 10.2 Å². The molecule has 17 heavy (non-hydrogen) atoms. The molecular weight excluding hydrogens is 236 g/mol. The molecule has 0 saturated heterocycles. The van der Waals surface area contributed by atoms with Gasteiger partial charge < -0.3 is 11.1 Å². The van der Waals surface area contributed by atoms with Crippen molar-refractivity contribution in [1.82, 2.24) is 5.32 Å². The van der Waals surface area contributed by atoms with Gasteiger partial charge in [0.05, 0.1) is 6.54 Å². The maximum atomic E-state index is 11.2. The van der Waals surface area contributed by atoms with E-state index in [1.54, 1.807) is 0 Å². The standard InChI is InChI=1S/C13H17ClN2O/c14-11-4-2-10(3-5-11)13(6-1-7-13)9-16-12(17)8-15/h2-5H,1,6-9,15H2,(H,16,17). The van der Waals surface area contributed by atoms with Crippen LogP contribution in [0.4, 0.5) is 0 Å². The fraction of sp³-hybridized carbons (Fsp3) is 0.462. The van der Waals surface area contributed by atoms with E-state index in [0.29, 0.717) is 6.54 Å². The zero-order valence-electron chi connectivity index (χ0n) is 9.71. The summed E-state index contributed by atoms with van der Waals surface area (Å²) in [6, 6.07) is 7.91. The lowest BCUT2D eigenvalue weighted by Gasteiger charge is -2.42. The van der Waals surface area contributed by atoms with Crippen molar-refractivity contribution in [1.29, 1.82) is 0 Å². The summed E-state index contributed by atoms with van der Waals surface area (Å²) in [5.41, 5.74) is 6.64. The van der Waals surface area contributed by atoms with Gasteiger partial charge in [-0.3, -0.25) is 4.79 Å². The third-order valence-corrected chi connectivity index (χ3v) is 3.83. The summed E-state index contributed by atoms with van der Waals surface area (Å²) in [5.74, 6) is -0.0924. The van der Waals surface area contributed by atoms with Crippen molar-refractivity contribution in [3.8, 4) is 0 Å². The lowest BCUT2D eigenvalue weighted by Crippen LogP contribution is -2.46. The molecule has 1 fully saturated rings. The van der Waals surface area contributed by atoms with Crippen LogP contribution in [0.5, 0.6) is 0 Å². The van der Waals surface area contributed by atoms with E-state index in [1.165, 1.54) is 12.0 Å². The molecule has 0 aromatic heterocycles. The fourth-order valence-corrected chi connectivity index (χ4v) is 2.44. The van der Waals surface area contributed by atoms with Gasteiger partial charge in [0.1, 0.15) is 0 Å². The number of hydrogen-bond donors (Lipinski definition) is 2. The van der Waals surface area contributed by atoms with E-state index in [1.807, 2.05) is 12.1 Å². The smallest absolute Gasteiger partial charge is 0.233 e. The van der Waals surface area contributed by atoms with Crippen LogP contribution >= 0.6 is 11.6 Å². The Balaban J connectivity index is 2.08. The lowest BCUT2D eigenvalue weighted by atomic mass is 9.64. The first kappa shape index (κ1) is 12.4. The molecule has 1 aliphatic rings. The summed E-state index contributed by atoms with van der Waals surface area (Å²) >= 11 is 5.89. The Labute approximate surface area is 106 Å². The Bertz CT molecular complexity index is 398. The summed E-state index contributed by atoms with van der Waals surface area (Å²) in [6.45, 7) is 0.724. The minimum atomic E-state index is -0.0924. The average molecular weight is 253 g/mol. The molecule has 0 atom stereocenters. The summed E-state index contributed by atoms with van der Waals surface area (Å²) in [4.78, 5) is 11.2. The SMILES string of the molecule is NCC(=O)NCC1(c2ccc(Cl)cc2)CCC1. The number of nitrogens with two attached hydrogens (primary N) is 1. The van der Waals surface area contributed by atoms with Gasteiger partial charge in [0, 0.05) is 17.0 Å². The summed E-state index contributed by atoms with van der Waals surface area (Å²) in [6.07, 6.45) is 3.43. The largest absolute Gasteiger partial charge is 0.354 e. The van der Waals surface area contributed by atoms with Crippen molar-refractivity contribution in [2.24, 2.45) is 5.73 Å². The first-order chi connectivity index (χ1) is 8.16. The second-order valence-electron chi connectivity index (χ2n) is 4.62.